The van der Waals surface area contributed by atoms with Crippen molar-refractivity contribution >= 4 is 23.2 Å². The molecule has 2 aliphatic heterocycles. The minimum absolute atomic E-state index is 0.728. The normalized spacial score (nSPS) is 30.1. The number of fused-ring (bicyclic) bond motifs is 2. The second kappa shape index (κ2) is 3.80. The van der Waals surface area contributed by atoms with E-state index >= 15 is 0 Å². The Morgan fingerprint density at radius 1 is 1.06 bits per heavy atom. The lowest BCUT2D eigenvalue weighted by atomic mass is 9.72. The van der Waals surface area contributed by atoms with Crippen LogP contribution in [0.2, 0.25) is 0 Å². The lowest BCUT2D eigenvalue weighted by Gasteiger charge is -2.38. The third-order valence-electron chi connectivity index (χ3n) is 2.99. The van der Waals surface area contributed by atoms with E-state index in [1.165, 1.54) is 0 Å². The van der Waals surface area contributed by atoms with Gasteiger partial charge in [-0.05, 0) is 0 Å². The Labute approximate surface area is 107 Å². The number of hydrogen-bond acceptors (Lipinski definition) is 1. The minimum Gasteiger partial charge on any atom is -0.361 e. The molecule has 0 aromatic carbocycles. The first-order valence-electron chi connectivity index (χ1n) is 4.56. The van der Waals surface area contributed by atoms with Crippen molar-refractivity contribution in [1.29, 1.82) is 0 Å². The summed E-state index contributed by atoms with van der Waals surface area (Å²) in [5.74, 6) is 0. The van der Waals surface area contributed by atoms with Crippen molar-refractivity contribution in [2.24, 2.45) is 5.41 Å². The van der Waals surface area contributed by atoms with E-state index in [0.717, 1.165) is 12.2 Å². The highest BCUT2D eigenvalue weighted by molar-refractivity contribution is 6.56. The summed E-state index contributed by atoms with van der Waals surface area (Å²) in [5, 5.41) is 0. The molecule has 0 spiro atoms. The number of halogens is 8. The fourth-order valence-electron chi connectivity index (χ4n) is 2.28. The van der Waals surface area contributed by atoms with E-state index in [4.69, 9.17) is 23.2 Å². The molecule has 2 aliphatic rings. The van der Waals surface area contributed by atoms with Crippen LogP contribution >= 0.6 is 23.2 Å². The van der Waals surface area contributed by atoms with Gasteiger partial charge in [-0.15, -0.1) is 0 Å². The Kier molecular flexibility index (Phi) is 2.96. The monoisotopic (exact) mass is 312 g/mol. The number of alkyl halides is 6. The number of hydrogen-bond donors (Lipinski definition) is 0. The second-order valence-corrected chi connectivity index (χ2v) is 4.79. The van der Waals surface area contributed by atoms with E-state index in [1.807, 2.05) is 0 Å². The largest absolute Gasteiger partial charge is 0.409 e. The van der Waals surface area contributed by atoms with Crippen molar-refractivity contribution in [2.45, 2.75) is 24.6 Å². The van der Waals surface area contributed by atoms with Gasteiger partial charge in [-0.2, -0.15) is 26.3 Å². The molecule has 18 heavy (non-hydrogen) atoms. The first-order valence-corrected chi connectivity index (χ1v) is 5.32. The first kappa shape index (κ1) is 14.0. The molecule has 9 heteroatoms. The van der Waals surface area contributed by atoms with Crippen LogP contribution in [-0.2, 0) is 4.74 Å². The first-order chi connectivity index (χ1) is 8.03. The zero-order chi connectivity index (χ0) is 13.9. The van der Waals surface area contributed by atoms with Gasteiger partial charge in [-0.1, -0.05) is 35.4 Å². The molecule has 0 saturated carbocycles. The van der Waals surface area contributed by atoms with Gasteiger partial charge >= 0.3 is 12.4 Å². The molecule has 0 aromatic heterocycles. The quantitative estimate of drug-likeness (QED) is 0.483. The molecule has 0 aromatic rings. The number of ether oxygens (including phenoxy) is 1. The summed E-state index contributed by atoms with van der Waals surface area (Å²) in [6, 6.07) is 0. The summed E-state index contributed by atoms with van der Waals surface area (Å²) in [7, 11) is 0. The third-order valence-corrected chi connectivity index (χ3v) is 3.40. The molecule has 2 atom stereocenters. The second-order valence-electron chi connectivity index (χ2n) is 3.84. The fraction of sp³-hybridized carbons (Fsp3) is 0.556. The lowest BCUT2D eigenvalue weighted by Crippen LogP contribution is -2.56. The molecule has 0 amide bonds. The Morgan fingerprint density at radius 2 is 1.56 bits per heavy atom. The number of rotatable bonds is 0. The summed E-state index contributed by atoms with van der Waals surface area (Å²) in [6.45, 7) is 0. The van der Waals surface area contributed by atoms with Crippen LogP contribution in [0.15, 0.2) is 22.2 Å². The van der Waals surface area contributed by atoms with Gasteiger partial charge in [0.15, 0.2) is 0 Å². The molecule has 2 bridgehead atoms. The zero-order valence-electron chi connectivity index (χ0n) is 8.24. The van der Waals surface area contributed by atoms with Crippen LogP contribution in [0.5, 0.6) is 0 Å². The molecule has 2 heterocycles. The van der Waals surface area contributed by atoms with E-state index in [-0.39, 0.29) is 0 Å². The maximum Gasteiger partial charge on any atom is 0.409 e. The molecule has 0 aliphatic carbocycles. The van der Waals surface area contributed by atoms with Crippen LogP contribution in [0.1, 0.15) is 0 Å². The van der Waals surface area contributed by atoms with Gasteiger partial charge in [-0.3, -0.25) is 0 Å². The Hall–Kier alpha value is -0.400. The molecule has 102 valence electrons. The van der Waals surface area contributed by atoms with Crippen LogP contribution in [0.4, 0.5) is 26.3 Å². The Bertz CT molecular complexity index is 417. The maximum absolute atomic E-state index is 13.0. The molecule has 0 radical (unpaired) electrons. The highest BCUT2D eigenvalue weighted by Gasteiger charge is 2.81. The molecular weight excluding hydrogens is 309 g/mol. The van der Waals surface area contributed by atoms with E-state index in [0.29, 0.717) is 0 Å². The highest BCUT2D eigenvalue weighted by Crippen LogP contribution is 2.65. The van der Waals surface area contributed by atoms with E-state index in [1.54, 1.807) is 0 Å². The molecule has 2 rings (SSSR count). The molecule has 1 saturated heterocycles. The van der Waals surface area contributed by atoms with Crippen molar-refractivity contribution < 1.29 is 31.1 Å². The average Bonchev–Trinajstić information content (AvgIpc) is 2.70. The Balaban J connectivity index is 2.76. The van der Waals surface area contributed by atoms with Crippen molar-refractivity contribution in [3.8, 4) is 0 Å². The highest BCUT2D eigenvalue weighted by atomic mass is 35.5. The van der Waals surface area contributed by atoms with E-state index in [2.05, 4.69) is 4.74 Å². The summed E-state index contributed by atoms with van der Waals surface area (Å²) in [5.41, 5.74) is -5.36. The van der Waals surface area contributed by atoms with Crippen molar-refractivity contribution in [3.63, 3.8) is 0 Å². The zero-order valence-corrected chi connectivity index (χ0v) is 9.75. The summed E-state index contributed by atoms with van der Waals surface area (Å²) in [6.07, 6.45) is -13.1. The van der Waals surface area contributed by atoms with E-state index in [9.17, 15) is 26.3 Å². The predicted octanol–water partition coefficient (Wildman–Crippen LogP) is 4.12. The molecule has 0 N–H and O–H groups in total. The van der Waals surface area contributed by atoms with Crippen LogP contribution in [0.25, 0.3) is 0 Å². The molecule has 2 unspecified atom stereocenters. The topological polar surface area (TPSA) is 9.23 Å². The smallest absolute Gasteiger partial charge is 0.361 e. The average molecular weight is 313 g/mol. The molecule has 1 fully saturated rings. The maximum atomic E-state index is 13.0. The summed E-state index contributed by atoms with van der Waals surface area (Å²) < 4.78 is 81.5. The van der Waals surface area contributed by atoms with Crippen molar-refractivity contribution in [3.05, 3.63) is 22.2 Å². The van der Waals surface area contributed by atoms with Crippen molar-refractivity contribution in [1.82, 2.24) is 0 Å². The van der Waals surface area contributed by atoms with Gasteiger partial charge in [0.25, 0.3) is 0 Å². The van der Waals surface area contributed by atoms with Gasteiger partial charge < -0.3 is 4.74 Å². The predicted molar refractivity (Wildman–Crippen MR) is 51.1 cm³/mol. The van der Waals surface area contributed by atoms with Gasteiger partial charge in [-0.25, -0.2) is 0 Å². The van der Waals surface area contributed by atoms with Crippen LogP contribution < -0.4 is 0 Å². The standard InChI is InChI=1S/C9H4Cl2F6O/c10-6(11)5-3-1-2-4(18-3)7(5,8(12,13)14)9(15,16)17/h1-4H. The fourth-order valence-corrected chi connectivity index (χ4v) is 2.80. The van der Waals surface area contributed by atoms with Gasteiger partial charge in [0.2, 0.25) is 5.41 Å². The minimum atomic E-state index is -5.61. The van der Waals surface area contributed by atoms with Gasteiger partial charge in [0, 0.05) is 5.57 Å². The third kappa shape index (κ3) is 1.53. The van der Waals surface area contributed by atoms with Crippen LogP contribution in [0.3, 0.4) is 0 Å². The van der Waals surface area contributed by atoms with Crippen molar-refractivity contribution in [2.75, 3.05) is 0 Å². The van der Waals surface area contributed by atoms with Crippen LogP contribution in [0, 0.1) is 5.41 Å². The van der Waals surface area contributed by atoms with E-state index < -0.39 is 40.0 Å². The molecule has 1 nitrogen and oxygen atoms in total. The van der Waals surface area contributed by atoms with Gasteiger partial charge in [0.05, 0.1) is 0 Å². The Morgan fingerprint density at radius 3 is 1.89 bits per heavy atom. The summed E-state index contributed by atoms with van der Waals surface area (Å²) >= 11 is 10.4. The van der Waals surface area contributed by atoms with Crippen LogP contribution in [-0.4, -0.2) is 24.6 Å². The summed E-state index contributed by atoms with van der Waals surface area (Å²) in [4.78, 5) is 0. The van der Waals surface area contributed by atoms with Gasteiger partial charge in [0.1, 0.15) is 16.7 Å². The molecular formula is C9H4Cl2F6O. The lowest BCUT2D eigenvalue weighted by molar-refractivity contribution is -0.334. The SMILES string of the molecule is FC(F)(F)C1(C(F)(F)F)C(=C(Cl)Cl)C2C=CC1O2.